The lowest BCUT2D eigenvalue weighted by Crippen LogP contribution is -2.60. The smallest absolute Gasteiger partial charge is 0.343 e. The Morgan fingerprint density at radius 3 is 2.17 bits per heavy atom. The number of aliphatic hydroxyl groups excluding tert-OH is 4. The number of benzene rings is 2. The monoisotopic (exact) mass is 1340 g/mol. The van der Waals surface area contributed by atoms with Gasteiger partial charge in [-0.25, -0.2) is 14.2 Å². The molecule has 96 heavy (non-hydrogen) atoms. The lowest BCUT2D eigenvalue weighted by molar-refractivity contribution is -0.227. The lowest BCUT2D eigenvalue weighted by Gasteiger charge is -2.40. The highest BCUT2D eigenvalue weighted by Crippen LogP contribution is 2.48. The summed E-state index contributed by atoms with van der Waals surface area (Å²) in [5.74, 6) is -7.23. The number of rotatable bonds is 32. The van der Waals surface area contributed by atoms with Crippen LogP contribution in [0.5, 0.6) is 0 Å². The highest BCUT2D eigenvalue weighted by molar-refractivity contribution is 6.12. The number of carbonyl (C=O) groups is 10. The van der Waals surface area contributed by atoms with Crippen LogP contribution < -0.4 is 42.8 Å². The van der Waals surface area contributed by atoms with E-state index in [0.717, 1.165) is 39.1 Å². The molecule has 516 valence electrons. The summed E-state index contributed by atoms with van der Waals surface area (Å²) in [5.41, 5.74) is 3.27. The van der Waals surface area contributed by atoms with Crippen molar-refractivity contribution in [1.82, 2.24) is 51.7 Å². The van der Waals surface area contributed by atoms with E-state index in [1.54, 1.807) is 54.8 Å². The van der Waals surface area contributed by atoms with Crippen LogP contribution in [-0.2, 0) is 93.8 Å². The molecule has 6 heterocycles. The number of fused-ring (bicyclic) bond motifs is 5. The van der Waals surface area contributed by atoms with Gasteiger partial charge in [-0.3, -0.25) is 52.8 Å². The molecule has 1 aliphatic carbocycles. The molecule has 4 aliphatic heterocycles. The van der Waals surface area contributed by atoms with E-state index in [9.17, 15) is 78.3 Å². The lowest BCUT2D eigenvalue weighted by atomic mass is 9.76. The minimum atomic E-state index is -2.01. The SMILES string of the molecule is CC[C@@]1(O)C(=O)OCc2c1cc1n(c2=O)Cc2c-1nc1cc(F)c(C)c3c1c2C(CCCCOCNC(=O)CNC(=O)[C@H](Cc1ccccc1)NC(=O)CNC(=O)CNC(=O)C(CCC(=O)NC[C@@H]1O[C@H](CO)[C@@H](O)[C@H](O)[C@H]1O)NC(=O)CCCCCN1C(=O)C=CC1=O)CC3. The minimum absolute atomic E-state index is 0.0109. The number of hydrogen-bond acceptors (Lipinski definition) is 20. The van der Waals surface area contributed by atoms with Gasteiger partial charge in [0.25, 0.3) is 17.4 Å². The van der Waals surface area contributed by atoms with Crippen molar-refractivity contribution in [3.63, 3.8) is 0 Å². The first-order valence-corrected chi connectivity index (χ1v) is 32.2. The van der Waals surface area contributed by atoms with Crippen molar-refractivity contribution in [1.29, 1.82) is 0 Å². The van der Waals surface area contributed by atoms with E-state index in [2.05, 4.69) is 37.2 Å². The standard InChI is InChI=1S/C66H81FN10O19/c1-3-66(93)41-25-46-58-39(31-77(46)64(91)40(41)33-95-65(66)92)56-37(16-17-38-35(2)42(67)26-44(75-58)57(38)56)14-9-11-23-94-34-72-52(82)29-71-63(90)45(24-36-12-6-4-7-13-36)74-53(83)30-69-51(81)28-70-62(89)43(73-50(80)15-8-5-10-22-76-54(84)20-21-55(76)85)18-19-49(79)68-27-47-59(86)61(88)60(87)48(32-78)96-47/h4,6-7,12-13,20-21,25-26,37,43,45,47-48,59-61,78,86-88,93H,3,5,8-11,14-19,22-24,27-34H2,1-2H3,(H,68,79)(H,69,81)(H,70,89)(H,71,90)(H,72,82)(H,73,80)(H,74,83)/t37?,43?,45-,47-,48+,59-,60+,61+,66-/m0/s1. The first-order chi connectivity index (χ1) is 46.0. The van der Waals surface area contributed by atoms with E-state index < -0.39 is 139 Å². The van der Waals surface area contributed by atoms with Gasteiger partial charge in [0.2, 0.25) is 41.4 Å². The molecule has 0 bridgehead atoms. The number of imide groups is 1. The van der Waals surface area contributed by atoms with Crippen LogP contribution in [0.25, 0.3) is 22.3 Å². The third-order valence-corrected chi connectivity index (χ3v) is 18.2. The number of nitrogens with one attached hydrogen (secondary N) is 7. The van der Waals surface area contributed by atoms with Crippen molar-refractivity contribution in [3.8, 4) is 11.4 Å². The molecule has 2 unspecified atom stereocenters. The maximum atomic E-state index is 15.5. The Kier molecular flexibility index (Phi) is 24.0. The molecule has 4 aromatic rings. The molecule has 0 radical (unpaired) electrons. The number of ether oxygens (including phenoxy) is 3. The van der Waals surface area contributed by atoms with Crippen molar-refractivity contribution in [2.75, 3.05) is 52.7 Å². The Morgan fingerprint density at radius 1 is 0.760 bits per heavy atom. The summed E-state index contributed by atoms with van der Waals surface area (Å²) in [4.78, 5) is 149. The van der Waals surface area contributed by atoms with E-state index in [1.165, 1.54) is 6.07 Å². The first-order valence-electron chi connectivity index (χ1n) is 32.2. The van der Waals surface area contributed by atoms with Gasteiger partial charge in [-0.2, -0.15) is 0 Å². The summed E-state index contributed by atoms with van der Waals surface area (Å²) >= 11 is 0. The summed E-state index contributed by atoms with van der Waals surface area (Å²) in [7, 11) is 0. The summed E-state index contributed by atoms with van der Waals surface area (Å²) in [6.07, 6.45) is -1.38. The summed E-state index contributed by atoms with van der Waals surface area (Å²) in [5, 5.41) is 69.8. The Balaban J connectivity index is 0.719. The number of esters is 1. The Hall–Kier alpha value is -8.91. The number of cyclic esters (lactones) is 1. The molecule has 0 spiro atoms. The van der Waals surface area contributed by atoms with Crippen molar-refractivity contribution in [2.45, 2.75) is 165 Å². The van der Waals surface area contributed by atoms with Crippen LogP contribution in [0.2, 0.25) is 0 Å². The van der Waals surface area contributed by atoms with Crippen molar-refractivity contribution in [3.05, 3.63) is 110 Å². The molecule has 12 N–H and O–H groups in total. The quantitative estimate of drug-likeness (QED) is 0.0102. The number of carbonyl (C=O) groups excluding carboxylic acids is 10. The zero-order valence-electron chi connectivity index (χ0n) is 53.2. The second-order valence-corrected chi connectivity index (χ2v) is 24.5. The maximum Gasteiger partial charge on any atom is 0.343 e. The van der Waals surface area contributed by atoms with Gasteiger partial charge in [0.1, 0.15) is 61.8 Å². The average Bonchev–Trinajstić information content (AvgIpc) is 1.49. The second kappa shape index (κ2) is 32.2. The number of amides is 9. The molecule has 29 nitrogen and oxygen atoms in total. The van der Waals surface area contributed by atoms with Gasteiger partial charge in [0.05, 0.1) is 55.3 Å². The Bertz CT molecular complexity index is 3720. The molecule has 30 heteroatoms. The van der Waals surface area contributed by atoms with Gasteiger partial charge >= 0.3 is 5.97 Å². The summed E-state index contributed by atoms with van der Waals surface area (Å²) < 4.78 is 33.5. The molecule has 2 aromatic heterocycles. The van der Waals surface area contributed by atoms with Gasteiger partial charge in [0.15, 0.2) is 5.60 Å². The number of aromatic nitrogens is 2. The molecule has 0 saturated carbocycles. The predicted octanol–water partition coefficient (Wildman–Crippen LogP) is -1.40. The Morgan fingerprint density at radius 2 is 1.45 bits per heavy atom. The van der Waals surface area contributed by atoms with E-state index in [0.29, 0.717) is 79.4 Å². The summed E-state index contributed by atoms with van der Waals surface area (Å²) in [6.45, 7) is 0.635. The highest BCUT2D eigenvalue weighted by Gasteiger charge is 2.47. The third-order valence-electron chi connectivity index (χ3n) is 18.2. The van der Waals surface area contributed by atoms with Gasteiger partial charge in [-0.15, -0.1) is 0 Å². The molecule has 1 fully saturated rings. The van der Waals surface area contributed by atoms with Crippen LogP contribution in [0.15, 0.2) is 59.4 Å². The van der Waals surface area contributed by atoms with Crippen LogP contribution in [0, 0.1) is 12.7 Å². The molecule has 9 atom stereocenters. The number of halogens is 1. The predicted molar refractivity (Wildman–Crippen MR) is 336 cm³/mol. The van der Waals surface area contributed by atoms with E-state index in [4.69, 9.17) is 19.2 Å². The second-order valence-electron chi connectivity index (χ2n) is 24.5. The first kappa shape index (κ1) is 71.4. The molecular weight excluding hydrogens is 1260 g/mol. The van der Waals surface area contributed by atoms with Crippen molar-refractivity contribution >= 4 is 70.0 Å². The van der Waals surface area contributed by atoms with Gasteiger partial charge < -0.3 is 81.5 Å². The third kappa shape index (κ3) is 16.7. The summed E-state index contributed by atoms with van der Waals surface area (Å²) in [6, 6.07) is 9.12. The topological polar surface area (TPSA) is 422 Å². The number of pyridine rings is 2. The van der Waals surface area contributed by atoms with Crippen LogP contribution in [-0.4, -0.2) is 194 Å². The molecular formula is C66H81FN10O19. The number of unbranched alkanes of at least 4 members (excludes halogenated alkanes) is 3. The van der Waals surface area contributed by atoms with Crippen LogP contribution in [0.3, 0.4) is 0 Å². The van der Waals surface area contributed by atoms with Gasteiger partial charge in [-0.1, -0.05) is 50.1 Å². The van der Waals surface area contributed by atoms with E-state index in [-0.39, 0.29) is 94.5 Å². The minimum Gasteiger partial charge on any atom is -0.458 e. The fraction of sp³-hybridized carbons (Fsp3) is 0.515. The van der Waals surface area contributed by atoms with Gasteiger partial charge in [-0.05, 0) is 92.5 Å². The van der Waals surface area contributed by atoms with Crippen LogP contribution >= 0.6 is 0 Å². The molecule has 9 rings (SSSR count). The largest absolute Gasteiger partial charge is 0.458 e. The Labute approximate surface area is 550 Å². The highest BCUT2D eigenvalue weighted by atomic mass is 19.1. The van der Waals surface area contributed by atoms with E-state index >= 15 is 4.39 Å². The number of aryl methyl sites for hydroxylation is 1. The molecule has 1 saturated heterocycles. The number of hydrogen-bond donors (Lipinski definition) is 12. The van der Waals surface area contributed by atoms with Crippen LogP contribution in [0.1, 0.15) is 122 Å². The normalized spacial score (nSPS) is 21.3. The molecule has 9 amide bonds. The zero-order valence-corrected chi connectivity index (χ0v) is 53.2. The van der Waals surface area contributed by atoms with Crippen molar-refractivity contribution < 1.29 is 92.1 Å². The van der Waals surface area contributed by atoms with Crippen molar-refractivity contribution in [2.24, 2.45) is 0 Å². The van der Waals surface area contributed by atoms with Gasteiger partial charge in [0, 0.05) is 73.7 Å². The molecule has 2 aromatic carbocycles. The zero-order chi connectivity index (χ0) is 69.0. The van der Waals surface area contributed by atoms with E-state index in [1.807, 2.05) is 0 Å². The number of aliphatic hydroxyl groups is 5. The fourth-order valence-corrected chi connectivity index (χ4v) is 12.8. The average molecular weight is 1340 g/mol. The number of nitrogens with zero attached hydrogens (tertiary/aromatic N) is 3. The molecule has 5 aliphatic rings. The van der Waals surface area contributed by atoms with Crippen LogP contribution in [0.4, 0.5) is 4.39 Å². The maximum absolute atomic E-state index is 15.5. The fourth-order valence-electron chi connectivity index (χ4n) is 12.8.